The maximum atomic E-state index is 11.7. The van der Waals surface area contributed by atoms with Crippen LogP contribution in [0.5, 0.6) is 0 Å². The number of H-pyrrole nitrogens is 1. The van der Waals surface area contributed by atoms with E-state index in [0.29, 0.717) is 6.04 Å². The first-order chi connectivity index (χ1) is 9.13. The monoisotopic (exact) mass is 284 g/mol. The van der Waals surface area contributed by atoms with Gasteiger partial charge in [0, 0.05) is 17.8 Å². The number of thioether (sulfide) groups is 1. The van der Waals surface area contributed by atoms with Gasteiger partial charge in [-0.25, -0.2) is 9.89 Å². The molecule has 5 nitrogen and oxygen atoms in total. The lowest BCUT2D eigenvalue weighted by Crippen LogP contribution is -2.34. The van der Waals surface area contributed by atoms with Crippen LogP contribution in [-0.2, 0) is 0 Å². The minimum absolute atomic E-state index is 0.109. The van der Waals surface area contributed by atoms with Crippen molar-refractivity contribution < 1.29 is 0 Å². The van der Waals surface area contributed by atoms with Crippen molar-refractivity contribution in [1.82, 2.24) is 20.1 Å². The quantitative estimate of drug-likeness (QED) is 0.717. The first-order valence-corrected chi connectivity index (χ1v) is 8.15. The predicted molar refractivity (Wildman–Crippen MR) is 78.8 cm³/mol. The van der Waals surface area contributed by atoms with Gasteiger partial charge in [-0.05, 0) is 45.6 Å². The van der Waals surface area contributed by atoms with Gasteiger partial charge < -0.3 is 5.32 Å². The molecule has 6 heteroatoms. The Morgan fingerprint density at radius 1 is 1.53 bits per heavy atom. The van der Waals surface area contributed by atoms with Gasteiger partial charge in [-0.15, -0.1) is 5.10 Å². The van der Waals surface area contributed by atoms with E-state index in [1.54, 1.807) is 16.3 Å². The molecule has 1 fully saturated rings. The highest BCUT2D eigenvalue weighted by molar-refractivity contribution is 7.99. The van der Waals surface area contributed by atoms with Gasteiger partial charge in [0.15, 0.2) is 5.16 Å². The van der Waals surface area contributed by atoms with Crippen LogP contribution in [0.1, 0.15) is 46.1 Å². The van der Waals surface area contributed by atoms with Gasteiger partial charge in [-0.3, -0.25) is 4.57 Å². The fourth-order valence-corrected chi connectivity index (χ4v) is 3.46. The molecule has 0 saturated heterocycles. The van der Waals surface area contributed by atoms with Gasteiger partial charge in [0.25, 0.3) is 0 Å². The number of nitrogens with one attached hydrogen (secondary N) is 2. The van der Waals surface area contributed by atoms with Crippen LogP contribution in [0, 0.1) is 5.92 Å². The Hall–Kier alpha value is -0.750. The van der Waals surface area contributed by atoms with Crippen LogP contribution in [0.15, 0.2) is 9.95 Å². The minimum Gasteiger partial charge on any atom is -0.313 e. The van der Waals surface area contributed by atoms with Crippen LogP contribution in [0.3, 0.4) is 0 Å². The molecule has 1 aromatic rings. The van der Waals surface area contributed by atoms with Crippen molar-refractivity contribution in [3.05, 3.63) is 10.5 Å². The lowest BCUT2D eigenvalue weighted by atomic mass is 10.2. The fourth-order valence-electron chi connectivity index (χ4n) is 2.20. The molecule has 19 heavy (non-hydrogen) atoms. The second-order valence-electron chi connectivity index (χ2n) is 5.48. The van der Waals surface area contributed by atoms with E-state index in [2.05, 4.69) is 22.4 Å². The lowest BCUT2D eigenvalue weighted by molar-refractivity contribution is 0.500. The summed E-state index contributed by atoms with van der Waals surface area (Å²) in [6, 6.07) is 0.703. The zero-order valence-electron chi connectivity index (χ0n) is 12.0. The molecule has 1 aliphatic rings. The Morgan fingerprint density at radius 2 is 2.26 bits per heavy atom. The molecule has 108 valence electrons. The lowest BCUT2D eigenvalue weighted by Gasteiger charge is -2.17. The van der Waals surface area contributed by atoms with Crippen molar-refractivity contribution in [2.24, 2.45) is 5.92 Å². The van der Waals surface area contributed by atoms with Crippen LogP contribution in [0.25, 0.3) is 0 Å². The summed E-state index contributed by atoms with van der Waals surface area (Å²) in [6.45, 7) is 7.27. The molecule has 0 aliphatic heterocycles. The molecular formula is C13H24N4OS. The van der Waals surface area contributed by atoms with E-state index in [-0.39, 0.29) is 11.7 Å². The van der Waals surface area contributed by atoms with E-state index < -0.39 is 0 Å². The number of aromatic nitrogens is 3. The summed E-state index contributed by atoms with van der Waals surface area (Å²) in [7, 11) is 0. The highest BCUT2D eigenvalue weighted by atomic mass is 32.2. The van der Waals surface area contributed by atoms with Gasteiger partial charge in [-0.2, -0.15) is 0 Å². The zero-order valence-corrected chi connectivity index (χ0v) is 12.8. The molecule has 0 aromatic carbocycles. The molecule has 0 spiro atoms. The largest absolute Gasteiger partial charge is 0.344 e. The molecule has 0 radical (unpaired) electrons. The van der Waals surface area contributed by atoms with Gasteiger partial charge in [-0.1, -0.05) is 18.7 Å². The topological polar surface area (TPSA) is 62.7 Å². The van der Waals surface area contributed by atoms with Crippen LogP contribution >= 0.6 is 11.8 Å². The summed E-state index contributed by atoms with van der Waals surface area (Å²) in [5, 5.41) is 11.1. The van der Waals surface area contributed by atoms with Gasteiger partial charge in [0.2, 0.25) is 0 Å². The summed E-state index contributed by atoms with van der Waals surface area (Å²) in [5.41, 5.74) is -0.109. The van der Waals surface area contributed by atoms with Crippen molar-refractivity contribution in [3.8, 4) is 0 Å². The van der Waals surface area contributed by atoms with Gasteiger partial charge in [0.1, 0.15) is 0 Å². The molecule has 2 rings (SSSR count). The molecule has 1 aliphatic carbocycles. The first-order valence-electron chi connectivity index (χ1n) is 7.16. The van der Waals surface area contributed by atoms with E-state index in [1.165, 1.54) is 12.8 Å². The molecule has 1 heterocycles. The SMILES string of the molecule is CCCNC(CSc1n[nH]c(=O)n1C(C)C)C1CC1. The van der Waals surface area contributed by atoms with Crippen LogP contribution in [0.2, 0.25) is 0 Å². The standard InChI is InChI=1S/C13H24N4OS/c1-4-7-14-11(10-5-6-10)8-19-13-16-15-12(18)17(13)9(2)3/h9-11,14H,4-8H2,1-3H3,(H,15,18). The van der Waals surface area contributed by atoms with Crippen LogP contribution < -0.4 is 11.0 Å². The summed E-state index contributed by atoms with van der Waals surface area (Å²) in [5.74, 6) is 1.80. The normalized spacial score (nSPS) is 17.1. The molecule has 1 unspecified atom stereocenters. The number of hydrogen-bond donors (Lipinski definition) is 2. The summed E-state index contributed by atoms with van der Waals surface area (Å²) < 4.78 is 1.73. The van der Waals surface area contributed by atoms with Gasteiger partial charge in [0.05, 0.1) is 0 Å². The summed E-state index contributed by atoms with van der Waals surface area (Å²) in [6.07, 6.45) is 3.83. The highest BCUT2D eigenvalue weighted by Gasteiger charge is 2.31. The average molecular weight is 284 g/mol. The summed E-state index contributed by atoms with van der Waals surface area (Å²) in [4.78, 5) is 11.7. The third kappa shape index (κ3) is 3.86. The number of nitrogens with zero attached hydrogens (tertiary/aromatic N) is 2. The first kappa shape index (κ1) is 14.7. The van der Waals surface area contributed by atoms with Crippen LogP contribution in [-0.4, -0.2) is 33.1 Å². The molecular weight excluding hydrogens is 260 g/mol. The Labute approximate surface area is 118 Å². The number of rotatable bonds is 8. The molecule has 2 N–H and O–H groups in total. The van der Waals surface area contributed by atoms with Crippen molar-refractivity contribution in [3.63, 3.8) is 0 Å². The predicted octanol–water partition coefficient (Wildman–Crippen LogP) is 2.02. The van der Waals surface area contributed by atoms with E-state index in [1.807, 2.05) is 13.8 Å². The van der Waals surface area contributed by atoms with Crippen LogP contribution in [0.4, 0.5) is 0 Å². The Kier molecular flexibility index (Phi) is 5.10. The second kappa shape index (κ2) is 6.61. The van der Waals surface area contributed by atoms with Crippen molar-refractivity contribution >= 4 is 11.8 Å². The Balaban J connectivity index is 1.95. The fraction of sp³-hybridized carbons (Fsp3) is 0.846. The maximum Gasteiger partial charge on any atom is 0.344 e. The zero-order chi connectivity index (χ0) is 13.8. The Morgan fingerprint density at radius 3 is 2.84 bits per heavy atom. The second-order valence-corrected chi connectivity index (χ2v) is 6.47. The van der Waals surface area contributed by atoms with E-state index in [0.717, 1.165) is 29.8 Å². The van der Waals surface area contributed by atoms with E-state index in [4.69, 9.17) is 0 Å². The molecule has 0 amide bonds. The molecule has 1 atom stereocenters. The van der Waals surface area contributed by atoms with E-state index in [9.17, 15) is 4.79 Å². The molecule has 1 aromatic heterocycles. The van der Waals surface area contributed by atoms with Gasteiger partial charge >= 0.3 is 5.69 Å². The third-order valence-electron chi connectivity index (χ3n) is 3.43. The van der Waals surface area contributed by atoms with Crippen molar-refractivity contribution in [1.29, 1.82) is 0 Å². The van der Waals surface area contributed by atoms with E-state index >= 15 is 0 Å². The molecule has 1 saturated carbocycles. The van der Waals surface area contributed by atoms with Crippen molar-refractivity contribution in [2.45, 2.75) is 57.3 Å². The molecule has 0 bridgehead atoms. The third-order valence-corrected chi connectivity index (χ3v) is 4.50. The number of aromatic amines is 1. The van der Waals surface area contributed by atoms with Crippen molar-refractivity contribution in [2.75, 3.05) is 12.3 Å². The maximum absolute atomic E-state index is 11.7. The summed E-state index contributed by atoms with van der Waals surface area (Å²) >= 11 is 1.68. The average Bonchev–Trinajstić information content (AvgIpc) is 3.13. The number of hydrogen-bond acceptors (Lipinski definition) is 4. The Bertz CT molecular complexity index is 450. The highest BCUT2D eigenvalue weighted by Crippen LogP contribution is 2.35. The smallest absolute Gasteiger partial charge is 0.313 e. The minimum atomic E-state index is -0.109.